The summed E-state index contributed by atoms with van der Waals surface area (Å²) in [5.74, 6) is 1.28. The van der Waals surface area contributed by atoms with E-state index < -0.39 is 0 Å². The van der Waals surface area contributed by atoms with E-state index >= 15 is 0 Å². The molecule has 0 spiro atoms. The molecule has 6 nitrogen and oxygen atoms in total. The number of aromatic nitrogens is 3. The van der Waals surface area contributed by atoms with Crippen LogP contribution in [0.2, 0.25) is 0 Å². The molecule has 0 bridgehead atoms. The third-order valence-electron chi connectivity index (χ3n) is 4.05. The Balaban J connectivity index is 1.65. The van der Waals surface area contributed by atoms with Gasteiger partial charge in [0.2, 0.25) is 0 Å². The number of anilines is 1. The molecular formula is C20H22N4O2. The number of ether oxygens (including phenoxy) is 1. The number of amides is 1. The van der Waals surface area contributed by atoms with Gasteiger partial charge in [-0.05, 0) is 44.5 Å². The molecule has 0 radical (unpaired) electrons. The van der Waals surface area contributed by atoms with E-state index in [-0.39, 0.29) is 12.5 Å². The van der Waals surface area contributed by atoms with Crippen molar-refractivity contribution in [2.75, 3.05) is 11.9 Å². The predicted molar refractivity (Wildman–Crippen MR) is 101 cm³/mol. The molecule has 134 valence electrons. The van der Waals surface area contributed by atoms with Crippen LogP contribution in [0.15, 0.2) is 48.8 Å². The summed E-state index contributed by atoms with van der Waals surface area (Å²) in [6.45, 7) is 6.76. The molecule has 0 aliphatic heterocycles. The number of nitrogens with one attached hydrogen (secondary N) is 1. The molecule has 1 amide bonds. The van der Waals surface area contributed by atoms with Crippen LogP contribution in [-0.2, 0) is 11.3 Å². The van der Waals surface area contributed by atoms with Crippen molar-refractivity contribution < 1.29 is 9.53 Å². The van der Waals surface area contributed by atoms with Gasteiger partial charge in [0.1, 0.15) is 12.1 Å². The third-order valence-corrected chi connectivity index (χ3v) is 4.05. The van der Waals surface area contributed by atoms with Crippen LogP contribution >= 0.6 is 0 Å². The highest BCUT2D eigenvalue weighted by Crippen LogP contribution is 2.21. The fraction of sp³-hybridized carbons (Fsp3) is 0.250. The van der Waals surface area contributed by atoms with Gasteiger partial charge in [0.25, 0.3) is 5.91 Å². The molecule has 6 heteroatoms. The van der Waals surface area contributed by atoms with E-state index in [1.54, 1.807) is 6.33 Å². The molecule has 1 heterocycles. The van der Waals surface area contributed by atoms with Crippen molar-refractivity contribution in [2.24, 2.45) is 0 Å². The van der Waals surface area contributed by atoms with Crippen molar-refractivity contribution in [3.8, 4) is 17.1 Å². The van der Waals surface area contributed by atoms with Gasteiger partial charge in [0.05, 0.1) is 0 Å². The van der Waals surface area contributed by atoms with E-state index in [2.05, 4.69) is 15.5 Å². The van der Waals surface area contributed by atoms with E-state index in [1.165, 1.54) is 0 Å². The third kappa shape index (κ3) is 4.08. The molecular weight excluding hydrogens is 328 g/mol. The average Bonchev–Trinajstić information content (AvgIpc) is 3.10. The SMILES string of the molecule is CCn1cnnc1-c1cccc(NC(=O)COc2ccc(C)cc2C)c1. The molecule has 3 aromatic rings. The number of carbonyl (C=O) groups excluding carboxylic acids is 1. The van der Waals surface area contributed by atoms with Gasteiger partial charge in [0, 0.05) is 17.8 Å². The molecule has 0 fully saturated rings. The minimum absolute atomic E-state index is 0.0424. The van der Waals surface area contributed by atoms with Crippen LogP contribution in [0.4, 0.5) is 5.69 Å². The summed E-state index contributed by atoms with van der Waals surface area (Å²) in [4.78, 5) is 12.2. The fourth-order valence-corrected chi connectivity index (χ4v) is 2.75. The number of hydrogen-bond acceptors (Lipinski definition) is 4. The summed E-state index contributed by atoms with van der Waals surface area (Å²) in [5.41, 5.74) is 3.77. The van der Waals surface area contributed by atoms with Crippen LogP contribution in [0.1, 0.15) is 18.1 Å². The quantitative estimate of drug-likeness (QED) is 0.737. The summed E-state index contributed by atoms with van der Waals surface area (Å²) in [5, 5.41) is 11.0. The largest absolute Gasteiger partial charge is 0.483 e. The standard InChI is InChI=1S/C20H22N4O2/c1-4-24-13-21-23-20(24)16-6-5-7-17(11-16)22-19(25)12-26-18-9-8-14(2)10-15(18)3/h5-11,13H,4,12H2,1-3H3,(H,22,25). The van der Waals surface area contributed by atoms with Gasteiger partial charge >= 0.3 is 0 Å². The van der Waals surface area contributed by atoms with E-state index in [1.807, 2.05) is 67.8 Å². The van der Waals surface area contributed by atoms with Crippen molar-refractivity contribution in [1.82, 2.24) is 14.8 Å². The number of hydrogen-bond donors (Lipinski definition) is 1. The highest BCUT2D eigenvalue weighted by molar-refractivity contribution is 5.92. The summed E-state index contributed by atoms with van der Waals surface area (Å²) >= 11 is 0. The zero-order valence-electron chi connectivity index (χ0n) is 15.2. The van der Waals surface area contributed by atoms with Gasteiger partial charge in [-0.3, -0.25) is 4.79 Å². The minimum atomic E-state index is -0.209. The van der Waals surface area contributed by atoms with E-state index in [9.17, 15) is 4.79 Å². The van der Waals surface area contributed by atoms with Crippen LogP contribution in [-0.4, -0.2) is 27.3 Å². The molecule has 0 unspecified atom stereocenters. The average molecular weight is 350 g/mol. The number of aryl methyl sites for hydroxylation is 3. The highest BCUT2D eigenvalue weighted by atomic mass is 16.5. The van der Waals surface area contributed by atoms with Crippen LogP contribution in [0.5, 0.6) is 5.75 Å². The lowest BCUT2D eigenvalue weighted by molar-refractivity contribution is -0.118. The van der Waals surface area contributed by atoms with Crippen LogP contribution in [0.3, 0.4) is 0 Å². The Labute approximate surface area is 152 Å². The van der Waals surface area contributed by atoms with Crippen LogP contribution in [0, 0.1) is 13.8 Å². The molecule has 2 aromatic carbocycles. The first-order valence-corrected chi connectivity index (χ1v) is 8.55. The maximum atomic E-state index is 12.2. The van der Waals surface area contributed by atoms with Gasteiger partial charge in [-0.25, -0.2) is 0 Å². The van der Waals surface area contributed by atoms with Crippen molar-refractivity contribution in [2.45, 2.75) is 27.3 Å². The number of carbonyl (C=O) groups is 1. The first kappa shape index (κ1) is 17.7. The zero-order valence-corrected chi connectivity index (χ0v) is 15.2. The number of benzene rings is 2. The fourth-order valence-electron chi connectivity index (χ4n) is 2.75. The predicted octanol–water partition coefficient (Wildman–Crippen LogP) is 3.60. The minimum Gasteiger partial charge on any atom is -0.483 e. The Morgan fingerprint density at radius 3 is 2.81 bits per heavy atom. The molecule has 26 heavy (non-hydrogen) atoms. The van der Waals surface area contributed by atoms with Crippen molar-refractivity contribution in [3.05, 3.63) is 59.9 Å². The second-order valence-electron chi connectivity index (χ2n) is 6.13. The maximum Gasteiger partial charge on any atom is 0.262 e. The van der Waals surface area contributed by atoms with E-state index in [4.69, 9.17) is 4.74 Å². The smallest absolute Gasteiger partial charge is 0.262 e. The lowest BCUT2D eigenvalue weighted by atomic mass is 10.1. The number of nitrogens with zero attached hydrogens (tertiary/aromatic N) is 3. The molecule has 0 saturated heterocycles. The van der Waals surface area contributed by atoms with Gasteiger partial charge in [0.15, 0.2) is 12.4 Å². The summed E-state index contributed by atoms with van der Waals surface area (Å²) in [6.07, 6.45) is 1.69. The Morgan fingerprint density at radius 1 is 1.19 bits per heavy atom. The van der Waals surface area contributed by atoms with E-state index in [0.717, 1.165) is 34.8 Å². The monoisotopic (exact) mass is 350 g/mol. The lowest BCUT2D eigenvalue weighted by Crippen LogP contribution is -2.20. The molecule has 1 aromatic heterocycles. The second kappa shape index (κ2) is 7.82. The van der Waals surface area contributed by atoms with Crippen molar-refractivity contribution >= 4 is 11.6 Å². The van der Waals surface area contributed by atoms with Gasteiger partial charge in [-0.2, -0.15) is 0 Å². The molecule has 0 atom stereocenters. The van der Waals surface area contributed by atoms with Crippen molar-refractivity contribution in [3.63, 3.8) is 0 Å². The number of rotatable bonds is 6. The van der Waals surface area contributed by atoms with Crippen molar-refractivity contribution in [1.29, 1.82) is 0 Å². The van der Waals surface area contributed by atoms with E-state index in [0.29, 0.717) is 5.69 Å². The van der Waals surface area contributed by atoms with Gasteiger partial charge in [-0.1, -0.05) is 29.8 Å². The summed E-state index contributed by atoms with van der Waals surface area (Å²) < 4.78 is 7.57. The first-order valence-electron chi connectivity index (χ1n) is 8.55. The van der Waals surface area contributed by atoms with Crippen LogP contribution < -0.4 is 10.1 Å². The lowest BCUT2D eigenvalue weighted by Gasteiger charge is -2.11. The highest BCUT2D eigenvalue weighted by Gasteiger charge is 2.09. The summed E-state index contributed by atoms with van der Waals surface area (Å²) in [7, 11) is 0. The maximum absolute atomic E-state index is 12.2. The van der Waals surface area contributed by atoms with Gasteiger partial charge in [-0.15, -0.1) is 10.2 Å². The Kier molecular flexibility index (Phi) is 5.31. The Bertz CT molecular complexity index is 918. The van der Waals surface area contributed by atoms with Gasteiger partial charge < -0.3 is 14.6 Å². The molecule has 1 N–H and O–H groups in total. The Morgan fingerprint density at radius 2 is 2.04 bits per heavy atom. The molecule has 3 rings (SSSR count). The second-order valence-corrected chi connectivity index (χ2v) is 6.13. The van der Waals surface area contributed by atoms with Crippen LogP contribution in [0.25, 0.3) is 11.4 Å². The normalized spacial score (nSPS) is 10.6. The summed E-state index contributed by atoms with van der Waals surface area (Å²) in [6, 6.07) is 13.4. The molecule has 0 aliphatic rings. The Hall–Kier alpha value is -3.15. The molecule has 0 aliphatic carbocycles. The topological polar surface area (TPSA) is 69.0 Å². The first-order chi connectivity index (χ1) is 12.6. The zero-order chi connectivity index (χ0) is 18.5. The molecule has 0 saturated carbocycles.